The minimum absolute atomic E-state index is 0.0889. The largest absolute Gasteiger partial charge is 0.324 e. The van der Waals surface area contributed by atoms with Crippen LogP contribution in [0.4, 0.5) is 16.2 Å². The maximum absolute atomic E-state index is 13.2. The molecule has 7 heteroatoms. The molecule has 0 saturated carbocycles. The standard InChI is InChI=1S/C22H20ClN3O2S/c23-17-8-2-1-7-16(17)15-25-12-6-13-26(22(25)28)19-10-4-3-9-18(19)24-21(27)20-11-5-14-29-20/h1-5,7-11,14H,6,12-13,15H2,(H,24,27). The average molecular weight is 426 g/mol. The van der Waals surface area contributed by atoms with Crippen LogP contribution in [0.15, 0.2) is 66.0 Å². The first-order chi connectivity index (χ1) is 14.1. The van der Waals surface area contributed by atoms with Gasteiger partial charge < -0.3 is 10.2 Å². The maximum atomic E-state index is 13.2. The molecule has 0 spiro atoms. The van der Waals surface area contributed by atoms with Crippen molar-refractivity contribution in [1.29, 1.82) is 0 Å². The van der Waals surface area contributed by atoms with Crippen LogP contribution in [0.5, 0.6) is 0 Å². The predicted molar refractivity (Wildman–Crippen MR) is 118 cm³/mol. The van der Waals surface area contributed by atoms with Crippen LogP contribution in [-0.4, -0.2) is 29.9 Å². The van der Waals surface area contributed by atoms with Crippen molar-refractivity contribution in [3.63, 3.8) is 0 Å². The topological polar surface area (TPSA) is 52.7 Å². The van der Waals surface area contributed by atoms with E-state index in [1.807, 2.05) is 60.0 Å². The Morgan fingerprint density at radius 1 is 1.03 bits per heavy atom. The van der Waals surface area contributed by atoms with E-state index in [9.17, 15) is 9.59 Å². The van der Waals surface area contributed by atoms with Crippen LogP contribution in [0, 0.1) is 0 Å². The van der Waals surface area contributed by atoms with Gasteiger partial charge in [-0.2, -0.15) is 0 Å². The molecule has 1 fully saturated rings. The van der Waals surface area contributed by atoms with Crippen LogP contribution in [0.2, 0.25) is 5.02 Å². The number of benzene rings is 2. The number of hydrogen-bond acceptors (Lipinski definition) is 3. The fourth-order valence-corrected chi connectivity index (χ4v) is 4.20. The molecule has 1 N–H and O–H groups in total. The van der Waals surface area contributed by atoms with Gasteiger partial charge in [0.15, 0.2) is 0 Å². The van der Waals surface area contributed by atoms with Crippen LogP contribution in [0.1, 0.15) is 21.7 Å². The highest BCUT2D eigenvalue weighted by Crippen LogP contribution is 2.30. The molecular weight excluding hydrogens is 406 g/mol. The molecule has 0 radical (unpaired) electrons. The average Bonchev–Trinajstić information content (AvgIpc) is 3.27. The number of hydrogen-bond donors (Lipinski definition) is 1. The summed E-state index contributed by atoms with van der Waals surface area (Å²) in [5.41, 5.74) is 2.24. The minimum atomic E-state index is -0.176. The molecule has 3 aromatic rings. The highest BCUT2D eigenvalue weighted by Gasteiger charge is 2.29. The van der Waals surface area contributed by atoms with Crippen molar-refractivity contribution in [1.82, 2.24) is 4.90 Å². The molecule has 0 aliphatic carbocycles. The summed E-state index contributed by atoms with van der Waals surface area (Å²) >= 11 is 7.66. The van der Waals surface area contributed by atoms with Gasteiger partial charge in [-0.25, -0.2) is 4.79 Å². The van der Waals surface area contributed by atoms with E-state index < -0.39 is 0 Å². The fourth-order valence-electron chi connectivity index (χ4n) is 3.39. The Morgan fingerprint density at radius 3 is 2.62 bits per heavy atom. The number of carbonyl (C=O) groups is 2. The van der Waals surface area contributed by atoms with Gasteiger partial charge in [-0.3, -0.25) is 9.69 Å². The van der Waals surface area contributed by atoms with Crippen molar-refractivity contribution in [2.75, 3.05) is 23.3 Å². The normalized spacial score (nSPS) is 14.2. The molecule has 5 nitrogen and oxygen atoms in total. The zero-order valence-corrected chi connectivity index (χ0v) is 17.2. The van der Waals surface area contributed by atoms with E-state index in [4.69, 9.17) is 11.6 Å². The fraction of sp³-hybridized carbons (Fsp3) is 0.182. The van der Waals surface area contributed by atoms with Crippen molar-refractivity contribution in [3.05, 3.63) is 81.5 Å². The second-order valence-corrected chi connectivity index (χ2v) is 8.10. The molecule has 148 valence electrons. The van der Waals surface area contributed by atoms with Gasteiger partial charge in [0.25, 0.3) is 5.91 Å². The van der Waals surface area contributed by atoms with Gasteiger partial charge in [-0.15, -0.1) is 11.3 Å². The molecule has 0 atom stereocenters. The van der Waals surface area contributed by atoms with Crippen LogP contribution in [0.3, 0.4) is 0 Å². The summed E-state index contributed by atoms with van der Waals surface area (Å²) in [4.78, 5) is 29.9. The smallest absolute Gasteiger partial charge is 0.320 e. The molecule has 2 aromatic carbocycles. The second kappa shape index (κ2) is 8.68. The Morgan fingerprint density at radius 2 is 1.83 bits per heavy atom. The van der Waals surface area contributed by atoms with E-state index >= 15 is 0 Å². The minimum Gasteiger partial charge on any atom is -0.320 e. The maximum Gasteiger partial charge on any atom is 0.324 e. The summed E-state index contributed by atoms with van der Waals surface area (Å²) in [7, 11) is 0. The molecule has 4 rings (SSSR count). The van der Waals surface area contributed by atoms with Crippen molar-refractivity contribution < 1.29 is 9.59 Å². The Kier molecular flexibility index (Phi) is 5.83. The first-order valence-corrected chi connectivity index (χ1v) is 10.6. The van der Waals surface area contributed by atoms with Gasteiger partial charge in [0.1, 0.15) is 0 Å². The van der Waals surface area contributed by atoms with E-state index in [2.05, 4.69) is 5.32 Å². The second-order valence-electron chi connectivity index (χ2n) is 6.75. The lowest BCUT2D eigenvalue weighted by atomic mass is 10.1. The third kappa shape index (κ3) is 4.28. The van der Waals surface area contributed by atoms with Gasteiger partial charge in [-0.1, -0.05) is 48.0 Å². The van der Waals surface area contributed by atoms with Crippen LogP contribution in [0.25, 0.3) is 0 Å². The van der Waals surface area contributed by atoms with E-state index in [-0.39, 0.29) is 11.9 Å². The van der Waals surface area contributed by atoms with Crippen LogP contribution >= 0.6 is 22.9 Å². The van der Waals surface area contributed by atoms with Crippen molar-refractivity contribution in [2.24, 2.45) is 0 Å². The number of rotatable bonds is 5. The summed E-state index contributed by atoms with van der Waals surface area (Å²) in [6.45, 7) is 1.73. The van der Waals surface area contributed by atoms with E-state index in [0.29, 0.717) is 40.9 Å². The molecule has 2 heterocycles. The summed E-state index contributed by atoms with van der Waals surface area (Å²) < 4.78 is 0. The molecular formula is C22H20ClN3O2S. The van der Waals surface area contributed by atoms with E-state index in [1.165, 1.54) is 11.3 Å². The third-order valence-corrected chi connectivity index (χ3v) is 6.06. The molecule has 1 aliphatic heterocycles. The van der Waals surface area contributed by atoms with Gasteiger partial charge in [0.05, 0.1) is 16.3 Å². The van der Waals surface area contributed by atoms with Gasteiger partial charge in [0, 0.05) is 24.7 Å². The van der Waals surface area contributed by atoms with E-state index in [0.717, 1.165) is 12.0 Å². The zero-order chi connectivity index (χ0) is 20.2. The molecule has 1 saturated heterocycles. The molecule has 1 aliphatic rings. The monoisotopic (exact) mass is 425 g/mol. The Bertz CT molecular complexity index is 1020. The predicted octanol–water partition coefficient (Wildman–Crippen LogP) is 5.49. The van der Waals surface area contributed by atoms with E-state index in [1.54, 1.807) is 15.9 Å². The van der Waals surface area contributed by atoms with Crippen molar-refractivity contribution >= 4 is 46.3 Å². The number of para-hydroxylation sites is 2. The third-order valence-electron chi connectivity index (χ3n) is 4.82. The molecule has 3 amide bonds. The number of halogens is 1. The molecule has 0 unspecified atom stereocenters. The molecule has 1 aromatic heterocycles. The lowest BCUT2D eigenvalue weighted by molar-refractivity contribution is 0.103. The lowest BCUT2D eigenvalue weighted by Gasteiger charge is -2.36. The van der Waals surface area contributed by atoms with Gasteiger partial charge in [-0.05, 0) is 41.6 Å². The lowest BCUT2D eigenvalue weighted by Crippen LogP contribution is -2.49. The first kappa shape index (κ1) is 19.5. The highest BCUT2D eigenvalue weighted by molar-refractivity contribution is 7.12. The number of nitrogens with zero attached hydrogens (tertiary/aromatic N) is 2. The summed E-state index contributed by atoms with van der Waals surface area (Å²) in [6, 6.07) is 18.5. The number of carbonyl (C=O) groups excluding carboxylic acids is 2. The quantitative estimate of drug-likeness (QED) is 0.587. The van der Waals surface area contributed by atoms with Crippen molar-refractivity contribution in [2.45, 2.75) is 13.0 Å². The first-order valence-electron chi connectivity index (χ1n) is 9.37. The van der Waals surface area contributed by atoms with Gasteiger partial charge in [0.2, 0.25) is 0 Å². The Hall–Kier alpha value is -2.83. The highest BCUT2D eigenvalue weighted by atomic mass is 35.5. The van der Waals surface area contributed by atoms with Crippen LogP contribution < -0.4 is 10.2 Å². The molecule has 0 bridgehead atoms. The number of urea groups is 1. The van der Waals surface area contributed by atoms with Crippen molar-refractivity contribution in [3.8, 4) is 0 Å². The summed E-state index contributed by atoms with van der Waals surface area (Å²) in [5, 5.41) is 5.46. The number of thiophene rings is 1. The number of anilines is 2. The van der Waals surface area contributed by atoms with Gasteiger partial charge >= 0.3 is 6.03 Å². The Labute approximate surface area is 178 Å². The number of amides is 3. The van der Waals surface area contributed by atoms with Crippen LogP contribution in [-0.2, 0) is 6.54 Å². The SMILES string of the molecule is O=C(Nc1ccccc1N1CCCN(Cc2ccccc2Cl)C1=O)c1cccs1. The molecule has 29 heavy (non-hydrogen) atoms. The summed E-state index contributed by atoms with van der Waals surface area (Å²) in [5.74, 6) is -0.176. The summed E-state index contributed by atoms with van der Waals surface area (Å²) in [6.07, 6.45) is 0.837. The number of nitrogens with one attached hydrogen (secondary N) is 1. The zero-order valence-electron chi connectivity index (χ0n) is 15.7. The Balaban J connectivity index is 1.55.